The lowest BCUT2D eigenvalue weighted by Gasteiger charge is -2.41. The van der Waals surface area contributed by atoms with Gasteiger partial charge >= 0.3 is 0 Å². The van der Waals surface area contributed by atoms with Crippen molar-refractivity contribution in [1.29, 1.82) is 0 Å². The maximum absolute atomic E-state index is 14.9. The average Bonchev–Trinajstić information content (AvgIpc) is 2.51. The smallest absolute Gasteiger partial charge is 0.127 e. The lowest BCUT2D eigenvalue weighted by molar-refractivity contribution is 0.218. The normalized spacial score (nSPS) is 15.0. The molecule has 1 aromatic rings. The second-order valence-corrected chi connectivity index (χ2v) is 9.32. The summed E-state index contributed by atoms with van der Waals surface area (Å²) in [6.07, 6.45) is 6.42. The highest BCUT2D eigenvalue weighted by Gasteiger charge is 2.38. The molecule has 0 heterocycles. The van der Waals surface area contributed by atoms with Crippen LogP contribution < -0.4 is 0 Å². The maximum atomic E-state index is 14.9. The SMILES string of the molecule is C=C(c1cccc(F)c1C(C)(C)C(C)(C)C)C(C)/C(C)=C\C=C/C(C)C. The molecule has 0 saturated heterocycles. The third kappa shape index (κ3) is 4.96. The first-order valence-electron chi connectivity index (χ1n) is 9.63. The topological polar surface area (TPSA) is 0 Å². The molecule has 0 aliphatic carbocycles. The lowest BCUT2D eigenvalue weighted by atomic mass is 9.63. The predicted molar refractivity (Wildman–Crippen MR) is 115 cm³/mol. The zero-order valence-electron chi connectivity index (χ0n) is 18.2. The van der Waals surface area contributed by atoms with Gasteiger partial charge < -0.3 is 0 Å². The molecule has 0 aromatic heterocycles. The Morgan fingerprint density at radius 3 is 2.15 bits per heavy atom. The third-order valence-corrected chi connectivity index (χ3v) is 5.92. The molecule has 1 heteroatoms. The molecule has 1 atom stereocenters. The summed E-state index contributed by atoms with van der Waals surface area (Å²) >= 11 is 0. The molecular formula is C25H37F. The molecule has 0 amide bonds. The fourth-order valence-corrected chi connectivity index (χ4v) is 2.88. The molecule has 0 nitrogen and oxygen atoms in total. The van der Waals surface area contributed by atoms with Crippen molar-refractivity contribution in [3.63, 3.8) is 0 Å². The zero-order chi connectivity index (χ0) is 20.3. The summed E-state index contributed by atoms with van der Waals surface area (Å²) in [7, 11) is 0. The minimum absolute atomic E-state index is 0.0711. The summed E-state index contributed by atoms with van der Waals surface area (Å²) in [5.41, 5.74) is 3.54. The quantitative estimate of drug-likeness (QED) is 0.453. The van der Waals surface area contributed by atoms with Crippen LogP contribution >= 0.6 is 0 Å². The van der Waals surface area contributed by atoms with Gasteiger partial charge in [-0.2, -0.15) is 0 Å². The highest BCUT2D eigenvalue weighted by molar-refractivity contribution is 5.71. The summed E-state index contributed by atoms with van der Waals surface area (Å²) < 4.78 is 14.9. The predicted octanol–water partition coefficient (Wildman–Crippen LogP) is 7.96. The average molecular weight is 357 g/mol. The zero-order valence-corrected chi connectivity index (χ0v) is 18.2. The van der Waals surface area contributed by atoms with Crippen LogP contribution in [-0.2, 0) is 5.41 Å². The maximum Gasteiger partial charge on any atom is 0.127 e. The number of hydrogen-bond donors (Lipinski definition) is 0. The van der Waals surface area contributed by atoms with Gasteiger partial charge in [-0.15, -0.1) is 0 Å². The van der Waals surface area contributed by atoms with Crippen LogP contribution in [0, 0.1) is 23.1 Å². The molecule has 0 spiro atoms. The van der Waals surface area contributed by atoms with Gasteiger partial charge in [0.1, 0.15) is 5.82 Å². The van der Waals surface area contributed by atoms with E-state index in [0.717, 1.165) is 16.7 Å². The molecule has 1 rings (SSSR count). The molecule has 0 saturated carbocycles. The van der Waals surface area contributed by atoms with Crippen molar-refractivity contribution < 1.29 is 4.39 Å². The Morgan fingerprint density at radius 1 is 1.08 bits per heavy atom. The molecule has 1 unspecified atom stereocenters. The highest BCUT2D eigenvalue weighted by Crippen LogP contribution is 2.45. The first kappa shape index (κ1) is 22.4. The molecule has 0 bridgehead atoms. The summed E-state index contributed by atoms with van der Waals surface area (Å²) in [6.45, 7) is 23.7. The fourth-order valence-electron chi connectivity index (χ4n) is 2.88. The summed E-state index contributed by atoms with van der Waals surface area (Å²) in [5, 5.41) is 0. The van der Waals surface area contributed by atoms with Crippen molar-refractivity contribution in [2.75, 3.05) is 0 Å². The van der Waals surface area contributed by atoms with E-state index in [0.29, 0.717) is 5.92 Å². The van der Waals surface area contributed by atoms with Crippen molar-refractivity contribution in [1.82, 2.24) is 0 Å². The van der Waals surface area contributed by atoms with Crippen LogP contribution in [0.15, 0.2) is 48.6 Å². The molecule has 0 aliphatic heterocycles. The Hall–Kier alpha value is -1.63. The van der Waals surface area contributed by atoms with Crippen molar-refractivity contribution in [3.05, 3.63) is 65.5 Å². The summed E-state index contributed by atoms with van der Waals surface area (Å²) in [4.78, 5) is 0. The Bertz CT molecular complexity index is 693. The van der Waals surface area contributed by atoms with Gasteiger partial charge in [0.2, 0.25) is 0 Å². The standard InChI is InChI=1S/C25H37F/c1-17(2)13-11-14-18(3)19(4)20(5)21-15-12-16-22(26)23(21)25(9,10)24(6,7)8/h11-17,19H,5H2,1-4,6-10H3/b13-11-,18-14-. The second-order valence-electron chi connectivity index (χ2n) is 9.32. The molecule has 1 aromatic carbocycles. The number of halogens is 1. The lowest BCUT2D eigenvalue weighted by Crippen LogP contribution is -2.36. The second kappa shape index (κ2) is 8.37. The fraction of sp³-hybridized carbons (Fsp3) is 0.520. The molecular weight excluding hydrogens is 319 g/mol. The summed E-state index contributed by atoms with van der Waals surface area (Å²) in [5.74, 6) is 0.542. The van der Waals surface area contributed by atoms with Gasteiger partial charge in [0.15, 0.2) is 0 Å². The van der Waals surface area contributed by atoms with Crippen LogP contribution in [0.1, 0.15) is 73.4 Å². The number of benzene rings is 1. The van der Waals surface area contributed by atoms with Gasteiger partial charge in [0.25, 0.3) is 0 Å². The van der Waals surface area contributed by atoms with Gasteiger partial charge in [-0.3, -0.25) is 0 Å². The van der Waals surface area contributed by atoms with E-state index in [1.807, 2.05) is 6.07 Å². The van der Waals surface area contributed by atoms with E-state index in [9.17, 15) is 4.39 Å². The van der Waals surface area contributed by atoms with Crippen LogP contribution in [0.2, 0.25) is 0 Å². The minimum atomic E-state index is -0.314. The van der Waals surface area contributed by atoms with Crippen LogP contribution in [0.25, 0.3) is 5.57 Å². The highest BCUT2D eigenvalue weighted by atomic mass is 19.1. The van der Waals surface area contributed by atoms with Crippen molar-refractivity contribution in [2.45, 2.75) is 67.7 Å². The molecule has 0 aliphatic rings. The van der Waals surface area contributed by atoms with Crippen molar-refractivity contribution in [2.24, 2.45) is 17.3 Å². The van der Waals surface area contributed by atoms with E-state index in [-0.39, 0.29) is 22.6 Å². The van der Waals surface area contributed by atoms with Crippen LogP contribution in [0.5, 0.6) is 0 Å². The van der Waals surface area contributed by atoms with Gasteiger partial charge in [-0.1, -0.05) is 97.9 Å². The van der Waals surface area contributed by atoms with Gasteiger partial charge in [-0.05, 0) is 40.9 Å². The molecule has 0 N–H and O–H groups in total. The molecule has 144 valence electrons. The van der Waals surface area contributed by atoms with Crippen LogP contribution in [0.3, 0.4) is 0 Å². The van der Waals surface area contributed by atoms with Gasteiger partial charge in [-0.25, -0.2) is 4.39 Å². The number of rotatable bonds is 6. The Labute approximate surface area is 160 Å². The van der Waals surface area contributed by atoms with E-state index in [4.69, 9.17) is 0 Å². The molecule has 0 fully saturated rings. The largest absolute Gasteiger partial charge is 0.207 e. The van der Waals surface area contributed by atoms with E-state index in [1.54, 1.807) is 12.1 Å². The Balaban J connectivity index is 3.36. The number of hydrogen-bond acceptors (Lipinski definition) is 0. The molecule has 26 heavy (non-hydrogen) atoms. The van der Waals surface area contributed by atoms with Crippen molar-refractivity contribution in [3.8, 4) is 0 Å². The molecule has 0 radical (unpaired) electrons. The first-order chi connectivity index (χ1) is 11.8. The van der Waals surface area contributed by atoms with E-state index in [2.05, 4.69) is 87.1 Å². The van der Waals surface area contributed by atoms with Crippen LogP contribution in [0.4, 0.5) is 4.39 Å². The van der Waals surface area contributed by atoms with E-state index in [1.165, 1.54) is 5.57 Å². The third-order valence-electron chi connectivity index (χ3n) is 5.92. The van der Waals surface area contributed by atoms with E-state index < -0.39 is 0 Å². The van der Waals surface area contributed by atoms with Crippen LogP contribution in [-0.4, -0.2) is 0 Å². The minimum Gasteiger partial charge on any atom is -0.207 e. The summed E-state index contributed by atoms with van der Waals surface area (Å²) in [6, 6.07) is 5.38. The number of allylic oxidation sites excluding steroid dienone is 5. The van der Waals surface area contributed by atoms with Crippen molar-refractivity contribution >= 4 is 5.57 Å². The van der Waals surface area contributed by atoms with Gasteiger partial charge in [0, 0.05) is 11.5 Å². The monoisotopic (exact) mass is 356 g/mol. The first-order valence-corrected chi connectivity index (χ1v) is 9.63. The Kier molecular flexibility index (Phi) is 7.22. The van der Waals surface area contributed by atoms with Gasteiger partial charge in [0.05, 0.1) is 0 Å². The Morgan fingerprint density at radius 2 is 1.65 bits per heavy atom. The van der Waals surface area contributed by atoms with E-state index >= 15 is 0 Å².